The van der Waals surface area contributed by atoms with Crippen molar-refractivity contribution in [3.05, 3.63) is 0 Å². The summed E-state index contributed by atoms with van der Waals surface area (Å²) < 4.78 is 5.21. The van der Waals surface area contributed by atoms with Crippen LogP contribution < -0.4 is 5.32 Å². The van der Waals surface area contributed by atoms with Crippen LogP contribution in [-0.2, 0) is 9.53 Å². The van der Waals surface area contributed by atoms with Gasteiger partial charge in [-0.05, 0) is 27.2 Å². The molecule has 0 aliphatic heterocycles. The van der Waals surface area contributed by atoms with Crippen LogP contribution in [0.15, 0.2) is 0 Å². The minimum absolute atomic E-state index is 0.00583. The van der Waals surface area contributed by atoms with E-state index in [1.807, 2.05) is 20.8 Å². The molecule has 0 aromatic carbocycles. The highest BCUT2D eigenvalue weighted by molar-refractivity contribution is 8.13. The molecule has 0 aliphatic carbocycles. The molecule has 0 heterocycles. The Hall–Kier alpha value is -0.710. The molecule has 0 unspecified atom stereocenters. The summed E-state index contributed by atoms with van der Waals surface area (Å²) in [7, 11) is 0. The van der Waals surface area contributed by atoms with Crippen LogP contribution in [0.4, 0.5) is 4.79 Å². The average Bonchev–Trinajstić information content (AvgIpc) is 2.19. The molecule has 0 saturated heterocycles. The SMILES string of the molecule is CCCC[C@@H](CSC(C)=O)NC(=O)OC(C)(C)C. The van der Waals surface area contributed by atoms with E-state index in [0.29, 0.717) is 5.75 Å². The maximum atomic E-state index is 11.6. The summed E-state index contributed by atoms with van der Waals surface area (Å²) in [6.45, 7) is 9.13. The Balaban J connectivity index is 4.20. The van der Waals surface area contributed by atoms with Crippen molar-refractivity contribution in [2.75, 3.05) is 5.75 Å². The minimum atomic E-state index is -0.493. The second kappa shape index (κ2) is 8.40. The maximum Gasteiger partial charge on any atom is 0.407 e. The molecule has 5 heteroatoms. The normalized spacial score (nSPS) is 12.9. The zero-order valence-electron chi connectivity index (χ0n) is 12.0. The summed E-state index contributed by atoms with van der Waals surface area (Å²) in [5, 5.41) is 2.90. The van der Waals surface area contributed by atoms with Gasteiger partial charge in [-0.3, -0.25) is 4.79 Å². The van der Waals surface area contributed by atoms with Crippen molar-refractivity contribution < 1.29 is 14.3 Å². The first kappa shape index (κ1) is 17.3. The first-order chi connectivity index (χ1) is 8.24. The van der Waals surface area contributed by atoms with Crippen LogP contribution in [0.5, 0.6) is 0 Å². The molecule has 0 radical (unpaired) electrons. The van der Waals surface area contributed by atoms with Crippen molar-refractivity contribution in [2.45, 2.75) is 65.5 Å². The highest BCUT2D eigenvalue weighted by Crippen LogP contribution is 2.12. The lowest BCUT2D eigenvalue weighted by molar-refractivity contribution is -0.109. The maximum absolute atomic E-state index is 11.6. The molecule has 1 amide bonds. The zero-order valence-corrected chi connectivity index (χ0v) is 12.9. The van der Waals surface area contributed by atoms with Crippen molar-refractivity contribution in [1.82, 2.24) is 5.32 Å². The number of carbonyl (C=O) groups is 2. The number of hydrogen-bond acceptors (Lipinski definition) is 4. The van der Waals surface area contributed by atoms with Crippen LogP contribution in [0.1, 0.15) is 53.9 Å². The molecule has 0 aromatic rings. The summed E-state index contributed by atoms with van der Waals surface area (Å²) in [6.07, 6.45) is 2.55. The first-order valence-electron chi connectivity index (χ1n) is 6.37. The monoisotopic (exact) mass is 275 g/mol. The molecular formula is C13H25NO3S. The molecule has 0 aromatic heterocycles. The van der Waals surface area contributed by atoms with Crippen molar-refractivity contribution in [3.8, 4) is 0 Å². The van der Waals surface area contributed by atoms with E-state index >= 15 is 0 Å². The molecular weight excluding hydrogens is 250 g/mol. The van der Waals surface area contributed by atoms with Gasteiger partial charge in [-0.2, -0.15) is 0 Å². The van der Waals surface area contributed by atoms with E-state index in [2.05, 4.69) is 12.2 Å². The molecule has 1 N–H and O–H groups in total. The van der Waals surface area contributed by atoms with E-state index in [-0.39, 0.29) is 11.2 Å². The summed E-state index contributed by atoms with van der Waals surface area (Å²) in [6, 6.07) is -0.00583. The number of ether oxygens (including phenoxy) is 1. The van der Waals surface area contributed by atoms with E-state index in [9.17, 15) is 9.59 Å². The molecule has 0 spiro atoms. The predicted molar refractivity (Wildman–Crippen MR) is 75.8 cm³/mol. The Labute approximate surface area is 114 Å². The van der Waals surface area contributed by atoms with Crippen molar-refractivity contribution >= 4 is 23.0 Å². The van der Waals surface area contributed by atoms with E-state index < -0.39 is 11.7 Å². The van der Waals surface area contributed by atoms with Crippen molar-refractivity contribution in [1.29, 1.82) is 0 Å². The lowest BCUT2D eigenvalue weighted by Gasteiger charge is -2.23. The third-order valence-electron chi connectivity index (χ3n) is 2.11. The van der Waals surface area contributed by atoms with Gasteiger partial charge in [0.25, 0.3) is 0 Å². The number of carbonyl (C=O) groups excluding carboxylic acids is 2. The third-order valence-corrected chi connectivity index (χ3v) is 3.09. The highest BCUT2D eigenvalue weighted by Gasteiger charge is 2.19. The smallest absolute Gasteiger partial charge is 0.407 e. The fraction of sp³-hybridized carbons (Fsp3) is 0.846. The van der Waals surface area contributed by atoms with Gasteiger partial charge in [-0.25, -0.2) is 4.79 Å². The van der Waals surface area contributed by atoms with Crippen molar-refractivity contribution in [3.63, 3.8) is 0 Å². The molecule has 0 fully saturated rings. The van der Waals surface area contributed by atoms with Crippen LogP contribution >= 0.6 is 11.8 Å². The topological polar surface area (TPSA) is 55.4 Å². The minimum Gasteiger partial charge on any atom is -0.444 e. The number of alkyl carbamates (subject to hydrolysis) is 1. The quantitative estimate of drug-likeness (QED) is 0.807. The molecule has 0 bridgehead atoms. The van der Waals surface area contributed by atoms with E-state index in [4.69, 9.17) is 4.74 Å². The van der Waals surface area contributed by atoms with Crippen LogP contribution in [0.3, 0.4) is 0 Å². The lowest BCUT2D eigenvalue weighted by Crippen LogP contribution is -2.40. The summed E-state index contributed by atoms with van der Waals surface area (Å²) in [5.41, 5.74) is -0.493. The van der Waals surface area contributed by atoms with Gasteiger partial charge in [-0.1, -0.05) is 31.5 Å². The molecule has 18 heavy (non-hydrogen) atoms. The summed E-state index contributed by atoms with van der Waals surface area (Å²) in [4.78, 5) is 22.6. The van der Waals surface area contributed by atoms with Gasteiger partial charge >= 0.3 is 6.09 Å². The van der Waals surface area contributed by atoms with Crippen LogP contribution in [0, 0.1) is 0 Å². The Morgan fingerprint density at radius 3 is 2.39 bits per heavy atom. The number of unbranched alkanes of at least 4 members (excludes halogenated alkanes) is 1. The third kappa shape index (κ3) is 10.4. The van der Waals surface area contributed by atoms with Crippen LogP contribution in [0.2, 0.25) is 0 Å². The lowest BCUT2D eigenvalue weighted by atomic mass is 10.1. The van der Waals surface area contributed by atoms with E-state index in [0.717, 1.165) is 19.3 Å². The number of amides is 1. The number of thioether (sulfide) groups is 1. The second-order valence-electron chi connectivity index (χ2n) is 5.29. The fourth-order valence-corrected chi connectivity index (χ4v) is 2.03. The molecule has 0 saturated carbocycles. The van der Waals surface area contributed by atoms with Gasteiger partial charge in [0.05, 0.1) is 0 Å². The van der Waals surface area contributed by atoms with Gasteiger partial charge in [0.15, 0.2) is 5.12 Å². The van der Waals surface area contributed by atoms with E-state index in [1.54, 1.807) is 0 Å². The largest absolute Gasteiger partial charge is 0.444 e. The number of hydrogen-bond donors (Lipinski definition) is 1. The predicted octanol–water partition coefficient (Wildman–Crippen LogP) is 3.35. The molecule has 0 rings (SSSR count). The number of nitrogens with one attached hydrogen (secondary N) is 1. The van der Waals surface area contributed by atoms with Gasteiger partial charge in [0.2, 0.25) is 0 Å². The van der Waals surface area contributed by atoms with Crippen molar-refractivity contribution in [2.24, 2.45) is 0 Å². The van der Waals surface area contributed by atoms with Gasteiger partial charge in [0.1, 0.15) is 5.60 Å². The second-order valence-corrected chi connectivity index (χ2v) is 6.48. The molecule has 0 aliphatic rings. The molecule has 4 nitrogen and oxygen atoms in total. The molecule has 106 valence electrons. The van der Waals surface area contributed by atoms with Gasteiger partial charge < -0.3 is 10.1 Å². The fourth-order valence-electron chi connectivity index (χ4n) is 1.34. The van der Waals surface area contributed by atoms with Crippen LogP contribution in [-0.4, -0.2) is 28.6 Å². The zero-order chi connectivity index (χ0) is 14.2. The Bertz CT molecular complexity index is 274. The summed E-state index contributed by atoms with van der Waals surface area (Å²) >= 11 is 1.24. The Morgan fingerprint density at radius 2 is 1.94 bits per heavy atom. The highest BCUT2D eigenvalue weighted by atomic mass is 32.2. The Morgan fingerprint density at radius 1 is 1.33 bits per heavy atom. The summed E-state index contributed by atoms with van der Waals surface area (Å²) in [5.74, 6) is 0.606. The average molecular weight is 275 g/mol. The van der Waals surface area contributed by atoms with Gasteiger partial charge in [-0.15, -0.1) is 0 Å². The van der Waals surface area contributed by atoms with Crippen LogP contribution in [0.25, 0.3) is 0 Å². The van der Waals surface area contributed by atoms with E-state index in [1.165, 1.54) is 18.7 Å². The standard InChI is InChI=1S/C13H25NO3S/c1-6-7-8-11(9-18-10(2)15)14-12(16)17-13(3,4)5/h11H,6-9H2,1-5H3,(H,14,16)/t11-/m0/s1. The molecule has 1 atom stereocenters. The Kier molecular flexibility index (Phi) is 8.07. The number of rotatable bonds is 6. The first-order valence-corrected chi connectivity index (χ1v) is 7.36. The van der Waals surface area contributed by atoms with Gasteiger partial charge in [0, 0.05) is 18.7 Å².